The number of hydrogen-bond donors (Lipinski definition) is 5. The fourth-order valence-electron chi connectivity index (χ4n) is 20.2. The number of morpholine rings is 5. The van der Waals surface area contributed by atoms with Crippen LogP contribution >= 0.6 is 0 Å². The fourth-order valence-corrected chi connectivity index (χ4v) is 20.2. The van der Waals surface area contributed by atoms with Crippen LogP contribution in [0.3, 0.4) is 0 Å². The predicted octanol–water partition coefficient (Wildman–Crippen LogP) is 18.4. The molecule has 0 bridgehead atoms. The van der Waals surface area contributed by atoms with Gasteiger partial charge in [-0.25, -0.2) is 58.6 Å². The minimum Gasteiger partial charge on any atom is -0.377 e. The second-order valence-corrected chi connectivity index (χ2v) is 37.8. The zero-order valence-electron chi connectivity index (χ0n) is 84.6. The van der Waals surface area contributed by atoms with Crippen molar-refractivity contribution in [3.05, 3.63) is 242 Å². The van der Waals surface area contributed by atoms with Crippen molar-refractivity contribution in [3.63, 3.8) is 0 Å². The quantitative estimate of drug-likeness (QED) is 0.0565. The van der Waals surface area contributed by atoms with Crippen LogP contribution in [-0.2, 0) is 57.9 Å². The first kappa shape index (κ1) is 97.0. The number of aromatic nitrogens is 25. The van der Waals surface area contributed by atoms with Gasteiger partial charge in [0.05, 0.1) is 189 Å². The van der Waals surface area contributed by atoms with Gasteiger partial charge in [0.15, 0.2) is 11.6 Å². The lowest BCUT2D eigenvalue weighted by molar-refractivity contribution is 0.0980. The Morgan fingerprint density at radius 3 is 0.966 bits per heavy atom. The molecule has 752 valence electrons. The topological polar surface area (TPSA) is 359 Å². The van der Waals surface area contributed by atoms with Crippen LogP contribution in [0, 0.1) is 32.4 Å². The summed E-state index contributed by atoms with van der Waals surface area (Å²) in [6.45, 7) is 33.0. The van der Waals surface area contributed by atoms with Gasteiger partial charge in [-0.15, -0.1) is 0 Å². The lowest BCUT2D eigenvalue weighted by atomic mass is 10.0. The van der Waals surface area contributed by atoms with Crippen molar-refractivity contribution in [2.24, 2.45) is 21.1 Å². The maximum absolute atomic E-state index is 14.4. The van der Waals surface area contributed by atoms with Gasteiger partial charge in [-0.3, -0.25) is 23.4 Å². The van der Waals surface area contributed by atoms with E-state index in [1.807, 2.05) is 163 Å². The maximum atomic E-state index is 14.4. The first-order valence-corrected chi connectivity index (χ1v) is 50.0. The number of nitrogens with one attached hydrogen (secondary N) is 5. The Morgan fingerprint density at radius 2 is 0.605 bits per heavy atom. The van der Waals surface area contributed by atoms with E-state index in [0.717, 1.165) is 224 Å². The van der Waals surface area contributed by atoms with E-state index in [0.29, 0.717) is 102 Å². The molecule has 147 heavy (non-hydrogen) atoms. The van der Waals surface area contributed by atoms with Crippen LogP contribution in [0.25, 0.3) is 168 Å². The van der Waals surface area contributed by atoms with Gasteiger partial charge in [-0.1, -0.05) is 36.4 Å². The summed E-state index contributed by atoms with van der Waals surface area (Å²) in [5.41, 5.74) is 23.9. The number of nitrogens with zero attached hydrogens (tertiary/aromatic N) is 25. The van der Waals surface area contributed by atoms with Gasteiger partial charge in [0.1, 0.15) is 23.3 Å². The Hall–Kier alpha value is -16.1. The molecule has 5 saturated heterocycles. The van der Waals surface area contributed by atoms with E-state index in [2.05, 4.69) is 209 Å². The normalized spacial score (nSPS) is 17.1. The third-order valence-electron chi connectivity index (χ3n) is 27.8. The van der Waals surface area contributed by atoms with E-state index in [1.165, 1.54) is 24.3 Å². The molecule has 0 spiro atoms. The number of aromatic amines is 5. The molecule has 5 aliphatic rings. The molecule has 15 aromatic heterocycles. The molecule has 5 atom stereocenters. The summed E-state index contributed by atoms with van der Waals surface area (Å²) in [7, 11) is 5.80. The molecule has 25 rings (SSSR count). The highest BCUT2D eigenvalue weighted by Gasteiger charge is 2.32. The van der Waals surface area contributed by atoms with Crippen LogP contribution in [0.5, 0.6) is 0 Å². The molecule has 5 aromatic carbocycles. The number of benzene rings is 5. The first-order valence-electron chi connectivity index (χ1n) is 50.0. The zero-order chi connectivity index (χ0) is 101. The number of H-pyrrole nitrogens is 5. The van der Waals surface area contributed by atoms with Crippen molar-refractivity contribution in [2.45, 2.75) is 113 Å². The van der Waals surface area contributed by atoms with E-state index in [1.54, 1.807) is 6.20 Å². The Morgan fingerprint density at radius 1 is 0.306 bits per heavy atom. The summed E-state index contributed by atoms with van der Waals surface area (Å²) in [6, 6.07) is 49.9. The molecule has 20 heterocycles. The van der Waals surface area contributed by atoms with Crippen molar-refractivity contribution >= 4 is 84.0 Å². The van der Waals surface area contributed by atoms with Crippen LogP contribution in [-0.4, -0.2) is 253 Å². The van der Waals surface area contributed by atoms with Gasteiger partial charge in [0.25, 0.3) is 0 Å². The number of rotatable bonds is 17. The molecule has 20 aromatic rings. The van der Waals surface area contributed by atoms with Crippen LogP contribution in [0.1, 0.15) is 65.2 Å². The van der Waals surface area contributed by atoms with E-state index in [-0.39, 0.29) is 41.8 Å². The fraction of sp³-hybridized carbons (Fsp3) is 0.318. The van der Waals surface area contributed by atoms with Crippen LogP contribution in [0.2, 0.25) is 0 Å². The van der Waals surface area contributed by atoms with E-state index in [4.69, 9.17) is 73.5 Å². The highest BCUT2D eigenvalue weighted by atomic mass is 19.1. The van der Waals surface area contributed by atoms with Crippen molar-refractivity contribution < 1.29 is 32.5 Å². The van der Waals surface area contributed by atoms with Gasteiger partial charge >= 0.3 is 0 Å². The van der Waals surface area contributed by atoms with Gasteiger partial charge < -0.3 is 73.1 Å². The van der Waals surface area contributed by atoms with Gasteiger partial charge in [0.2, 0.25) is 17.8 Å². The smallest absolute Gasteiger partial charge is 0.226 e. The predicted molar refractivity (Wildman–Crippen MR) is 569 cm³/mol. The van der Waals surface area contributed by atoms with E-state index >= 15 is 0 Å². The average Bonchev–Trinajstić information content (AvgIpc) is 1.73. The second-order valence-electron chi connectivity index (χ2n) is 37.8. The standard InChI is InChI=1S/2C22H23FN6O.3C22H24N6O/c1-13-11-25-28(3)21(13)20-10-19(17-8-15(23)9-18-16(17)4-5-24-18)26-22(27-20)29-6-7-30-12-14(29)2;1-3-29-21(5-7-25-29)20-12-19(17-10-15(23)11-18-16(17)4-6-24-18)26-22(27-20)28-8-9-30-13-14(28)2;1-14-12-24-27(3)21(14)19-11-20(28-9-10-29-13-15(28)2)26-22(25-19)17-5-4-6-18-16(17)7-8-23-18;1-14-12-24-27(3)21(14)20-11-19(16-5-4-6-18-17(16)7-8-23-18)25-22(26-20)28-9-10-29-13-15(28)2;1-3-28-20(8-10-24-28)19-13-21(27-11-12-29-14-15(27)2)26-22(25-19)17-5-4-6-18-16(17)7-9-23-18/h4-5,8-11,14,24H,6-7,12H2,1-3H3;4-7,10-12,14,24H,3,8-9,13H2,1-2H3;2*4-8,11-12,15,23H,9-10,13H2,1-3H3;4-10,13,15,23H,3,11-12,14H2,1-2H3/t2*14-;3*15-/m11111/s1. The molecule has 0 amide bonds. The molecule has 0 radical (unpaired) electrons. The number of ether oxygens (including phenoxy) is 5. The summed E-state index contributed by atoms with van der Waals surface area (Å²) in [4.78, 5) is 76.5. The Bertz CT molecular complexity index is 7850. The molecule has 5 N–H and O–H groups in total. The number of hydrogen-bond acceptors (Lipinski definition) is 25. The molecule has 35 nitrogen and oxygen atoms in total. The molecule has 0 unspecified atom stereocenters. The third kappa shape index (κ3) is 20.0. The molecule has 37 heteroatoms. The Kier molecular flexibility index (Phi) is 27.9. The SMILES string of the molecule is CCn1nccc1-c1cc(-c2cc(F)cc3[nH]ccc23)nc(N2CCOC[C@H]2C)n1.CCn1nccc1-c1cc(N2CCOC[C@H]2C)nc(-c2cccc3[nH]ccc23)n1.Cc1cnn(C)c1-c1cc(-c2cc(F)cc3[nH]ccc23)nc(N2CCOC[C@H]2C)n1.Cc1cnn(C)c1-c1cc(-c2cccc3[nH]ccc23)nc(N2CCOC[C@H]2C)n1.Cc1cnn(C)c1-c1cc(N2CCOC[C@H]2C)nc(-c2cccc3[nH]ccc23)n1. The first-order chi connectivity index (χ1) is 71.6. The van der Waals surface area contributed by atoms with Crippen molar-refractivity contribution in [3.8, 4) is 113 Å². The molecular formula is C110H118F2N30O5. The van der Waals surface area contributed by atoms with Gasteiger partial charge in [-0.05, 0) is 189 Å². The van der Waals surface area contributed by atoms with Crippen molar-refractivity contribution in [1.29, 1.82) is 0 Å². The average molecular weight is 1980 g/mol. The second kappa shape index (κ2) is 42.3. The monoisotopic (exact) mass is 1980 g/mol. The summed E-state index contributed by atoms with van der Waals surface area (Å²) in [6.07, 6.45) is 18.7. The number of halogens is 2. The van der Waals surface area contributed by atoms with Crippen LogP contribution in [0.4, 0.5) is 38.3 Å². The molecule has 0 saturated carbocycles. The van der Waals surface area contributed by atoms with Gasteiger partial charge in [-0.2, -0.15) is 25.5 Å². The lowest BCUT2D eigenvalue weighted by Gasteiger charge is -2.34. The van der Waals surface area contributed by atoms with Crippen LogP contribution in [0.15, 0.2) is 214 Å². The molecule has 5 aliphatic heterocycles. The molecular weight excluding hydrogens is 1860 g/mol. The van der Waals surface area contributed by atoms with Crippen molar-refractivity contribution in [1.82, 2.24) is 124 Å². The van der Waals surface area contributed by atoms with Crippen molar-refractivity contribution in [2.75, 3.05) is 123 Å². The minimum atomic E-state index is -0.307. The van der Waals surface area contributed by atoms with E-state index in [9.17, 15) is 8.78 Å². The van der Waals surface area contributed by atoms with Gasteiger partial charge in [0, 0.05) is 205 Å². The Balaban J connectivity index is 0.000000108. The molecule has 0 aliphatic carbocycles. The highest BCUT2D eigenvalue weighted by molar-refractivity contribution is 5.99. The summed E-state index contributed by atoms with van der Waals surface area (Å²) < 4.78 is 66.2. The largest absolute Gasteiger partial charge is 0.377 e. The lowest BCUT2D eigenvalue weighted by Crippen LogP contribution is -2.44. The highest BCUT2D eigenvalue weighted by Crippen LogP contribution is 2.41. The third-order valence-corrected chi connectivity index (χ3v) is 27.8. The minimum absolute atomic E-state index is 0.147. The maximum Gasteiger partial charge on any atom is 0.226 e. The number of fused-ring (bicyclic) bond motifs is 5. The molecule has 5 fully saturated rings. The van der Waals surface area contributed by atoms with E-state index < -0.39 is 0 Å². The Labute approximate surface area is 847 Å². The zero-order valence-corrected chi connectivity index (χ0v) is 84.6. The van der Waals surface area contributed by atoms with Crippen LogP contribution < -0.4 is 24.5 Å². The summed E-state index contributed by atoms with van der Waals surface area (Å²) >= 11 is 0. The number of anilines is 5. The summed E-state index contributed by atoms with van der Waals surface area (Å²) in [5.74, 6) is 4.67. The summed E-state index contributed by atoms with van der Waals surface area (Å²) in [5, 5.41) is 27.2. The number of aryl methyl sites for hydroxylation is 8.